The number of hydrogen-bond donors (Lipinski definition) is 0. The number of rotatable bonds is 1. The van der Waals surface area contributed by atoms with Gasteiger partial charge < -0.3 is 4.90 Å². The number of piperidine rings is 1. The molecule has 0 N–H and O–H groups in total. The molecular formula is C13H10Cl2F2N4. The summed E-state index contributed by atoms with van der Waals surface area (Å²) in [6, 6.07) is -0.202. The van der Waals surface area contributed by atoms with E-state index in [-0.39, 0.29) is 27.9 Å². The van der Waals surface area contributed by atoms with Gasteiger partial charge in [-0.25, -0.2) is 18.7 Å². The second-order valence-corrected chi connectivity index (χ2v) is 6.07. The number of hydrogen-bond acceptors (Lipinski definition) is 4. The van der Waals surface area contributed by atoms with Crippen LogP contribution in [0.2, 0.25) is 10.4 Å². The van der Waals surface area contributed by atoms with E-state index in [0.29, 0.717) is 17.7 Å². The fourth-order valence-corrected chi connectivity index (χ4v) is 3.46. The molecule has 1 saturated heterocycles. The third-order valence-electron chi connectivity index (χ3n) is 4.20. The molecule has 0 radical (unpaired) electrons. The Bertz CT molecular complexity index is 742. The van der Waals surface area contributed by atoms with Crippen molar-refractivity contribution < 1.29 is 8.78 Å². The van der Waals surface area contributed by atoms with Gasteiger partial charge in [-0.15, -0.1) is 0 Å². The molecule has 1 aliphatic carbocycles. The smallest absolute Gasteiger partial charge is 0.225 e. The fraction of sp³-hybridized carbons (Fsp3) is 0.462. The molecule has 0 bridgehead atoms. The van der Waals surface area contributed by atoms with Gasteiger partial charge in [0.25, 0.3) is 0 Å². The fourth-order valence-electron chi connectivity index (χ4n) is 3.15. The third-order valence-corrected chi connectivity index (χ3v) is 4.63. The first-order valence-electron chi connectivity index (χ1n) is 6.66. The SMILES string of the molecule is Fc1c(Cl)ncc2c(N3CCC[C@H]4C3[C@@H]4F)nc(Cl)nc12. The van der Waals surface area contributed by atoms with E-state index in [9.17, 15) is 8.78 Å². The molecule has 0 amide bonds. The first-order chi connectivity index (χ1) is 10.1. The van der Waals surface area contributed by atoms with Crippen LogP contribution in [0.25, 0.3) is 10.9 Å². The maximum Gasteiger partial charge on any atom is 0.225 e. The topological polar surface area (TPSA) is 41.9 Å². The zero-order valence-electron chi connectivity index (χ0n) is 10.7. The Labute approximate surface area is 129 Å². The summed E-state index contributed by atoms with van der Waals surface area (Å²) in [6.07, 6.45) is 2.29. The summed E-state index contributed by atoms with van der Waals surface area (Å²) in [5.74, 6) is -0.267. The van der Waals surface area contributed by atoms with E-state index >= 15 is 0 Å². The Hall–Kier alpha value is -1.27. The highest BCUT2D eigenvalue weighted by molar-refractivity contribution is 6.30. The van der Waals surface area contributed by atoms with E-state index in [4.69, 9.17) is 23.2 Å². The van der Waals surface area contributed by atoms with Crippen LogP contribution in [-0.2, 0) is 0 Å². The summed E-state index contributed by atoms with van der Waals surface area (Å²) < 4.78 is 27.9. The van der Waals surface area contributed by atoms with Gasteiger partial charge in [-0.05, 0) is 24.4 Å². The van der Waals surface area contributed by atoms with E-state index in [1.807, 2.05) is 4.90 Å². The van der Waals surface area contributed by atoms with Crippen molar-refractivity contribution in [3.63, 3.8) is 0 Å². The van der Waals surface area contributed by atoms with Crippen LogP contribution in [0.15, 0.2) is 6.20 Å². The van der Waals surface area contributed by atoms with E-state index in [0.717, 1.165) is 12.8 Å². The average Bonchev–Trinajstić information content (AvgIpc) is 3.14. The quantitative estimate of drug-likeness (QED) is 0.593. The largest absolute Gasteiger partial charge is 0.350 e. The number of alkyl halides is 1. The molecule has 3 heterocycles. The molecule has 2 aliphatic rings. The van der Waals surface area contributed by atoms with Gasteiger partial charge in [0.05, 0.1) is 11.4 Å². The lowest BCUT2D eigenvalue weighted by atomic mass is 10.1. The number of halogens is 4. The zero-order valence-corrected chi connectivity index (χ0v) is 12.2. The minimum Gasteiger partial charge on any atom is -0.350 e. The highest BCUT2D eigenvalue weighted by Gasteiger charge is 2.56. The predicted octanol–water partition coefficient (Wildman–Crippen LogP) is 3.41. The molecule has 4 rings (SSSR count). The van der Waals surface area contributed by atoms with E-state index in [1.54, 1.807) is 0 Å². The van der Waals surface area contributed by atoms with Crippen molar-refractivity contribution in [2.45, 2.75) is 25.1 Å². The van der Waals surface area contributed by atoms with Crippen LogP contribution in [0.5, 0.6) is 0 Å². The summed E-state index contributed by atoms with van der Waals surface area (Å²) in [7, 11) is 0. The monoisotopic (exact) mass is 330 g/mol. The Morgan fingerprint density at radius 3 is 2.90 bits per heavy atom. The summed E-state index contributed by atoms with van der Waals surface area (Å²) in [6.45, 7) is 0.661. The third kappa shape index (κ3) is 1.96. The number of anilines is 1. The molecule has 8 heteroatoms. The van der Waals surface area contributed by atoms with Crippen LogP contribution in [0.4, 0.5) is 14.6 Å². The minimum absolute atomic E-state index is 0.0168. The maximum absolute atomic E-state index is 14.1. The summed E-state index contributed by atoms with van der Waals surface area (Å²) in [5.41, 5.74) is 0.0168. The average molecular weight is 331 g/mol. The zero-order chi connectivity index (χ0) is 14.7. The second-order valence-electron chi connectivity index (χ2n) is 5.38. The molecule has 2 fully saturated rings. The molecule has 4 nitrogen and oxygen atoms in total. The molecule has 2 aromatic rings. The molecule has 1 unspecified atom stereocenters. The number of fused-ring (bicyclic) bond motifs is 2. The molecule has 3 atom stereocenters. The molecule has 1 aliphatic heterocycles. The van der Waals surface area contributed by atoms with Gasteiger partial charge in [0.1, 0.15) is 17.5 Å². The van der Waals surface area contributed by atoms with E-state index in [2.05, 4.69) is 15.0 Å². The number of aromatic nitrogens is 3. The van der Waals surface area contributed by atoms with Gasteiger partial charge in [0, 0.05) is 18.7 Å². The minimum atomic E-state index is -0.860. The Kier molecular flexibility index (Phi) is 2.94. The Morgan fingerprint density at radius 1 is 1.29 bits per heavy atom. The predicted molar refractivity (Wildman–Crippen MR) is 76.1 cm³/mol. The van der Waals surface area contributed by atoms with Crippen LogP contribution in [0, 0.1) is 11.7 Å². The van der Waals surface area contributed by atoms with Crippen molar-refractivity contribution in [3.8, 4) is 0 Å². The molecule has 21 heavy (non-hydrogen) atoms. The van der Waals surface area contributed by atoms with Crippen LogP contribution in [0.1, 0.15) is 12.8 Å². The lowest BCUT2D eigenvalue weighted by Crippen LogP contribution is -2.33. The molecule has 110 valence electrons. The van der Waals surface area contributed by atoms with Gasteiger partial charge >= 0.3 is 0 Å². The van der Waals surface area contributed by atoms with E-state index < -0.39 is 12.0 Å². The molecule has 0 aromatic carbocycles. The van der Waals surface area contributed by atoms with Crippen LogP contribution in [0.3, 0.4) is 0 Å². The number of nitrogens with zero attached hydrogens (tertiary/aromatic N) is 4. The van der Waals surface area contributed by atoms with Crippen molar-refractivity contribution in [1.82, 2.24) is 15.0 Å². The normalized spacial score (nSPS) is 27.8. The lowest BCUT2D eigenvalue weighted by molar-refractivity contribution is 0.438. The number of pyridine rings is 1. The van der Waals surface area contributed by atoms with Crippen molar-refractivity contribution in [2.75, 3.05) is 11.4 Å². The van der Waals surface area contributed by atoms with E-state index in [1.165, 1.54) is 6.20 Å². The molecule has 0 spiro atoms. The molecule has 2 aromatic heterocycles. The Morgan fingerprint density at radius 2 is 2.10 bits per heavy atom. The van der Waals surface area contributed by atoms with Crippen LogP contribution in [-0.4, -0.2) is 33.7 Å². The first-order valence-corrected chi connectivity index (χ1v) is 7.41. The van der Waals surface area contributed by atoms with Crippen molar-refractivity contribution in [1.29, 1.82) is 0 Å². The lowest BCUT2D eigenvalue weighted by Gasteiger charge is -2.28. The van der Waals surface area contributed by atoms with Gasteiger partial charge in [-0.2, -0.15) is 4.98 Å². The molecular weight excluding hydrogens is 321 g/mol. The van der Waals surface area contributed by atoms with Gasteiger partial charge in [-0.1, -0.05) is 11.6 Å². The van der Waals surface area contributed by atoms with Crippen molar-refractivity contribution in [3.05, 3.63) is 22.5 Å². The standard InChI is InChI=1S/C13H10Cl2F2N4/c14-11-8(17)9-6(4-18-11)12(20-13(15)19-9)21-3-1-2-5-7(16)10(5)21/h4-5,7,10H,1-3H2/t5-,7-,10?/m1/s1. The van der Waals surface area contributed by atoms with Crippen LogP contribution >= 0.6 is 23.2 Å². The Balaban J connectivity index is 1.90. The maximum atomic E-state index is 14.1. The second kappa shape index (κ2) is 4.61. The summed E-state index contributed by atoms with van der Waals surface area (Å²) in [4.78, 5) is 13.7. The van der Waals surface area contributed by atoms with Gasteiger partial charge in [0.2, 0.25) is 5.28 Å². The van der Waals surface area contributed by atoms with Gasteiger partial charge in [0.15, 0.2) is 11.0 Å². The molecule has 1 saturated carbocycles. The van der Waals surface area contributed by atoms with Gasteiger partial charge in [-0.3, -0.25) is 0 Å². The first kappa shape index (κ1) is 13.4. The van der Waals surface area contributed by atoms with Crippen molar-refractivity contribution in [2.24, 2.45) is 5.92 Å². The highest BCUT2D eigenvalue weighted by Crippen LogP contribution is 2.48. The van der Waals surface area contributed by atoms with Crippen molar-refractivity contribution >= 4 is 39.9 Å². The highest BCUT2D eigenvalue weighted by atomic mass is 35.5. The summed E-state index contributed by atoms with van der Waals surface area (Å²) >= 11 is 11.6. The summed E-state index contributed by atoms with van der Waals surface area (Å²) in [5, 5.41) is 0.0485. The van der Waals surface area contributed by atoms with Crippen LogP contribution < -0.4 is 4.90 Å².